The fourth-order valence-corrected chi connectivity index (χ4v) is 4.37. The number of nitrogens with one attached hydrogen (secondary N) is 2. The lowest BCUT2D eigenvalue weighted by Gasteiger charge is -2.12. The van der Waals surface area contributed by atoms with Crippen molar-refractivity contribution < 1.29 is 13.2 Å². The Bertz CT molecular complexity index is 1180. The summed E-state index contributed by atoms with van der Waals surface area (Å²) in [5, 5.41) is 0.870. The van der Waals surface area contributed by atoms with Gasteiger partial charge in [0.1, 0.15) is 10.6 Å². The van der Waals surface area contributed by atoms with Crippen LogP contribution in [0.25, 0.3) is 10.9 Å². The Labute approximate surface area is 158 Å². The zero-order valence-corrected chi connectivity index (χ0v) is 16.5. The van der Waals surface area contributed by atoms with Crippen LogP contribution in [0.5, 0.6) is 5.75 Å². The molecule has 2 N–H and O–H groups in total. The van der Waals surface area contributed by atoms with Crippen molar-refractivity contribution >= 4 is 20.9 Å². The first-order chi connectivity index (χ1) is 12.7. The number of fused-ring (bicyclic) bond motifs is 1. The third-order valence-electron chi connectivity index (χ3n) is 4.43. The van der Waals surface area contributed by atoms with E-state index in [1.807, 2.05) is 26.0 Å². The summed E-state index contributed by atoms with van der Waals surface area (Å²) < 4.78 is 33.1. The molecular formula is C20H22N2O4S. The number of benzene rings is 2. The quantitative estimate of drug-likeness (QED) is 0.706. The minimum atomic E-state index is -3.84. The molecule has 1 aromatic heterocycles. The van der Waals surface area contributed by atoms with Crippen LogP contribution < -0.4 is 15.0 Å². The van der Waals surface area contributed by atoms with Crippen LogP contribution in [0.3, 0.4) is 0 Å². The standard InChI is InChI=1S/C20H22N2O4S/c1-12-5-6-17(26-4)18(9-12)27(24,25)21-11-16-10-15-8-13(2)7-14(3)19(15)22-20(16)23/h5-10,21H,11H2,1-4H3,(H,22,23). The fraction of sp³-hybridized carbons (Fsp3) is 0.250. The molecule has 0 bridgehead atoms. The van der Waals surface area contributed by atoms with Gasteiger partial charge in [-0.05, 0) is 61.5 Å². The predicted octanol–water partition coefficient (Wildman–Crippen LogP) is 2.94. The molecule has 142 valence electrons. The van der Waals surface area contributed by atoms with E-state index in [1.165, 1.54) is 7.11 Å². The van der Waals surface area contributed by atoms with Crippen molar-refractivity contribution in [3.8, 4) is 5.75 Å². The summed E-state index contributed by atoms with van der Waals surface area (Å²) in [4.78, 5) is 15.3. The minimum Gasteiger partial charge on any atom is -0.495 e. The van der Waals surface area contributed by atoms with E-state index in [1.54, 1.807) is 31.2 Å². The van der Waals surface area contributed by atoms with Crippen LogP contribution in [0.15, 0.2) is 46.1 Å². The van der Waals surface area contributed by atoms with Crippen molar-refractivity contribution in [3.63, 3.8) is 0 Å². The summed E-state index contributed by atoms with van der Waals surface area (Å²) in [5.41, 5.74) is 3.64. The zero-order chi connectivity index (χ0) is 19.8. The SMILES string of the molecule is COc1ccc(C)cc1S(=O)(=O)NCc1cc2cc(C)cc(C)c2[nH]c1=O. The van der Waals surface area contributed by atoms with Gasteiger partial charge in [-0.2, -0.15) is 0 Å². The van der Waals surface area contributed by atoms with Crippen LogP contribution in [0.2, 0.25) is 0 Å². The van der Waals surface area contributed by atoms with Gasteiger partial charge >= 0.3 is 0 Å². The number of pyridine rings is 1. The molecule has 0 amide bonds. The number of aromatic nitrogens is 1. The van der Waals surface area contributed by atoms with E-state index in [0.29, 0.717) is 5.56 Å². The van der Waals surface area contributed by atoms with Gasteiger partial charge in [0, 0.05) is 12.1 Å². The molecule has 0 radical (unpaired) electrons. The zero-order valence-electron chi connectivity index (χ0n) is 15.7. The number of rotatable bonds is 5. The van der Waals surface area contributed by atoms with Crippen molar-refractivity contribution in [3.05, 3.63) is 69.0 Å². The van der Waals surface area contributed by atoms with Crippen LogP contribution >= 0.6 is 0 Å². The number of hydrogen-bond acceptors (Lipinski definition) is 4. The molecule has 0 atom stereocenters. The van der Waals surface area contributed by atoms with Crippen LogP contribution in [0.4, 0.5) is 0 Å². The molecule has 0 fully saturated rings. The summed E-state index contributed by atoms with van der Waals surface area (Å²) in [6.45, 7) is 5.59. The summed E-state index contributed by atoms with van der Waals surface area (Å²) in [6, 6.07) is 10.6. The maximum Gasteiger partial charge on any atom is 0.252 e. The van der Waals surface area contributed by atoms with Crippen molar-refractivity contribution in [2.45, 2.75) is 32.2 Å². The molecule has 1 heterocycles. The summed E-state index contributed by atoms with van der Waals surface area (Å²) >= 11 is 0. The Morgan fingerprint density at radius 3 is 2.48 bits per heavy atom. The van der Waals surface area contributed by atoms with E-state index in [9.17, 15) is 13.2 Å². The fourth-order valence-electron chi connectivity index (χ4n) is 3.11. The molecule has 0 aliphatic rings. The molecular weight excluding hydrogens is 364 g/mol. The van der Waals surface area contributed by atoms with Crippen LogP contribution in [-0.2, 0) is 16.6 Å². The predicted molar refractivity (Wildman–Crippen MR) is 106 cm³/mol. The monoisotopic (exact) mass is 386 g/mol. The number of methoxy groups -OCH3 is 1. The number of hydrogen-bond donors (Lipinski definition) is 2. The lowest BCUT2D eigenvalue weighted by atomic mass is 10.1. The Hall–Kier alpha value is -2.64. The summed E-state index contributed by atoms with van der Waals surface area (Å²) in [6.07, 6.45) is 0. The average molecular weight is 386 g/mol. The van der Waals surface area contributed by atoms with Gasteiger partial charge < -0.3 is 9.72 Å². The first kappa shape index (κ1) is 19.1. The Morgan fingerprint density at radius 1 is 1.04 bits per heavy atom. The van der Waals surface area contributed by atoms with Gasteiger partial charge in [-0.15, -0.1) is 0 Å². The van der Waals surface area contributed by atoms with E-state index in [4.69, 9.17) is 4.74 Å². The molecule has 27 heavy (non-hydrogen) atoms. The maximum absolute atomic E-state index is 12.7. The number of aromatic amines is 1. The lowest BCUT2D eigenvalue weighted by Crippen LogP contribution is -2.27. The first-order valence-electron chi connectivity index (χ1n) is 8.49. The van der Waals surface area contributed by atoms with E-state index < -0.39 is 10.0 Å². The van der Waals surface area contributed by atoms with Gasteiger partial charge in [0.05, 0.1) is 12.6 Å². The van der Waals surface area contributed by atoms with E-state index in [0.717, 1.165) is 27.6 Å². The summed E-state index contributed by atoms with van der Waals surface area (Å²) in [5.74, 6) is 0.256. The molecule has 3 rings (SSSR count). The highest BCUT2D eigenvalue weighted by molar-refractivity contribution is 7.89. The second kappa shape index (κ2) is 7.17. The van der Waals surface area contributed by atoms with Gasteiger partial charge in [0.2, 0.25) is 10.0 Å². The Balaban J connectivity index is 1.96. The molecule has 0 spiro atoms. The van der Waals surface area contributed by atoms with Crippen LogP contribution in [0.1, 0.15) is 22.3 Å². The lowest BCUT2D eigenvalue weighted by molar-refractivity contribution is 0.402. The Morgan fingerprint density at radius 2 is 1.78 bits per heavy atom. The molecule has 0 saturated carbocycles. The van der Waals surface area contributed by atoms with Gasteiger partial charge in [0.15, 0.2) is 0 Å². The van der Waals surface area contributed by atoms with Crippen LogP contribution in [0, 0.1) is 20.8 Å². The van der Waals surface area contributed by atoms with Gasteiger partial charge in [0.25, 0.3) is 5.56 Å². The van der Waals surface area contributed by atoms with Gasteiger partial charge in [-0.1, -0.05) is 17.7 Å². The highest BCUT2D eigenvalue weighted by Crippen LogP contribution is 2.25. The normalized spacial score (nSPS) is 11.7. The molecule has 6 nitrogen and oxygen atoms in total. The van der Waals surface area contributed by atoms with E-state index in [2.05, 4.69) is 9.71 Å². The van der Waals surface area contributed by atoms with E-state index in [-0.39, 0.29) is 22.7 Å². The third-order valence-corrected chi connectivity index (χ3v) is 5.85. The summed E-state index contributed by atoms with van der Waals surface area (Å²) in [7, 11) is -2.42. The second-order valence-corrected chi connectivity index (χ2v) is 8.38. The highest BCUT2D eigenvalue weighted by atomic mass is 32.2. The molecule has 0 saturated heterocycles. The first-order valence-corrected chi connectivity index (χ1v) is 9.97. The number of ether oxygens (including phenoxy) is 1. The van der Waals surface area contributed by atoms with Crippen molar-refractivity contribution in [2.75, 3.05) is 7.11 Å². The van der Waals surface area contributed by atoms with Crippen LogP contribution in [-0.4, -0.2) is 20.5 Å². The van der Waals surface area contributed by atoms with E-state index >= 15 is 0 Å². The maximum atomic E-state index is 12.7. The molecule has 0 aliphatic carbocycles. The number of sulfonamides is 1. The van der Waals surface area contributed by atoms with Crippen molar-refractivity contribution in [1.82, 2.24) is 9.71 Å². The average Bonchev–Trinajstić information content (AvgIpc) is 2.60. The number of aryl methyl sites for hydroxylation is 3. The third kappa shape index (κ3) is 3.89. The highest BCUT2D eigenvalue weighted by Gasteiger charge is 2.20. The van der Waals surface area contributed by atoms with Gasteiger partial charge in [-0.25, -0.2) is 13.1 Å². The van der Waals surface area contributed by atoms with Gasteiger partial charge in [-0.3, -0.25) is 4.79 Å². The van der Waals surface area contributed by atoms with Crippen molar-refractivity contribution in [1.29, 1.82) is 0 Å². The minimum absolute atomic E-state index is 0.0499. The molecule has 0 unspecified atom stereocenters. The largest absolute Gasteiger partial charge is 0.495 e. The smallest absolute Gasteiger partial charge is 0.252 e. The Kier molecular flexibility index (Phi) is 5.08. The number of H-pyrrole nitrogens is 1. The molecule has 7 heteroatoms. The molecule has 2 aromatic carbocycles. The topological polar surface area (TPSA) is 88.3 Å². The van der Waals surface area contributed by atoms with Crippen molar-refractivity contribution in [2.24, 2.45) is 0 Å². The molecule has 3 aromatic rings. The second-order valence-electron chi connectivity index (χ2n) is 6.65. The molecule has 0 aliphatic heterocycles.